The predicted molar refractivity (Wildman–Crippen MR) is 110 cm³/mol. The molecule has 1 unspecified atom stereocenters. The van der Waals surface area contributed by atoms with Gasteiger partial charge in [0.05, 0.1) is 18.1 Å². The van der Waals surface area contributed by atoms with Gasteiger partial charge < -0.3 is 14.4 Å². The van der Waals surface area contributed by atoms with Crippen molar-refractivity contribution in [3.05, 3.63) is 23.3 Å². The average Bonchev–Trinajstić information content (AvgIpc) is 2.60. The summed E-state index contributed by atoms with van der Waals surface area (Å²) in [5.74, 6) is 0.609. The Labute approximate surface area is 159 Å². The molecule has 0 aromatic heterocycles. The van der Waals surface area contributed by atoms with E-state index in [1.54, 1.807) is 6.34 Å². The van der Waals surface area contributed by atoms with E-state index in [9.17, 15) is 5.26 Å². The minimum absolute atomic E-state index is 0. The minimum Gasteiger partial charge on any atom is -0.489 e. The van der Waals surface area contributed by atoms with Gasteiger partial charge >= 0.3 is 0 Å². The molecule has 0 fully saturated rings. The van der Waals surface area contributed by atoms with Gasteiger partial charge in [-0.2, -0.15) is 5.26 Å². The summed E-state index contributed by atoms with van der Waals surface area (Å²) in [5, 5.41) is 9.59. The highest BCUT2D eigenvalue weighted by molar-refractivity contribution is 5.69. The zero-order chi connectivity index (χ0) is 18.7. The summed E-state index contributed by atoms with van der Waals surface area (Å²) < 4.78 is 11.9. The molecule has 0 aliphatic rings. The zero-order valence-electron chi connectivity index (χ0n) is 16.2. The van der Waals surface area contributed by atoms with Gasteiger partial charge in [0, 0.05) is 20.7 Å². The van der Waals surface area contributed by atoms with Crippen molar-refractivity contribution in [1.82, 2.24) is 4.90 Å². The topological polar surface area (TPSA) is 57.8 Å². The Hall–Kier alpha value is -2.06. The largest absolute Gasteiger partial charge is 0.489 e. The lowest BCUT2D eigenvalue weighted by Crippen LogP contribution is -2.23. The first-order valence-corrected chi connectivity index (χ1v) is 9.02. The first-order chi connectivity index (χ1) is 12.0. The molecule has 5 nitrogen and oxygen atoms in total. The van der Waals surface area contributed by atoms with Crippen LogP contribution in [0.5, 0.6) is 5.75 Å². The quantitative estimate of drug-likeness (QED) is 0.407. The lowest BCUT2D eigenvalue weighted by molar-refractivity contribution is 0.0141. The summed E-state index contributed by atoms with van der Waals surface area (Å²) in [4.78, 5) is 6.21. The predicted octanol–water partition coefficient (Wildman–Crippen LogP) is 5.09. The first kappa shape index (κ1) is 23.9. The van der Waals surface area contributed by atoms with Crippen molar-refractivity contribution < 1.29 is 9.47 Å². The second-order valence-corrected chi connectivity index (χ2v) is 6.37. The van der Waals surface area contributed by atoms with Crippen LogP contribution in [0.4, 0.5) is 5.69 Å². The molecule has 0 bridgehead atoms. The fourth-order valence-corrected chi connectivity index (χ4v) is 2.36. The van der Waals surface area contributed by atoms with Gasteiger partial charge in [-0.3, -0.25) is 0 Å². The van der Waals surface area contributed by atoms with Gasteiger partial charge in [0.25, 0.3) is 0 Å². The lowest BCUT2D eigenvalue weighted by Gasteiger charge is -2.20. The Kier molecular flexibility index (Phi) is 12.1. The van der Waals surface area contributed by atoms with Crippen molar-refractivity contribution in [1.29, 1.82) is 5.26 Å². The van der Waals surface area contributed by atoms with Crippen LogP contribution in [0.15, 0.2) is 17.1 Å². The summed E-state index contributed by atoms with van der Waals surface area (Å²) >= 11 is 0. The monoisotopic (exact) mass is 361 g/mol. The standard InChI is InChI=1S/C20H31N3O2.CH4/c1-6-8-9-17(24-12-7-2)14-25-20-16(3)10-11-19(18(20)13-21)22-15-23(4)5;/h10-11,15,17H,6-9,12,14H2,1-5H3;1H4. The third-order valence-electron chi connectivity index (χ3n) is 3.72. The van der Waals surface area contributed by atoms with Gasteiger partial charge in [0.2, 0.25) is 0 Å². The molecule has 26 heavy (non-hydrogen) atoms. The number of ether oxygens (including phenoxy) is 2. The number of hydrogen-bond donors (Lipinski definition) is 0. The van der Waals surface area contributed by atoms with Gasteiger partial charge in [-0.25, -0.2) is 4.99 Å². The van der Waals surface area contributed by atoms with Crippen molar-refractivity contribution in [2.45, 2.75) is 60.0 Å². The Morgan fingerprint density at radius 2 is 2.00 bits per heavy atom. The number of aryl methyl sites for hydroxylation is 1. The van der Waals surface area contributed by atoms with Crippen LogP contribution in [0.3, 0.4) is 0 Å². The van der Waals surface area contributed by atoms with E-state index in [1.165, 1.54) is 0 Å². The molecule has 0 saturated heterocycles. The van der Waals surface area contributed by atoms with E-state index in [0.29, 0.717) is 23.6 Å². The number of rotatable bonds is 11. The SMILES string of the molecule is C.CCCCC(COc1c(C)ccc(N=CN(C)C)c1C#N)OCCC. The maximum atomic E-state index is 9.59. The van der Waals surface area contributed by atoms with Gasteiger partial charge in [0.1, 0.15) is 24.0 Å². The number of nitrogens with zero attached hydrogens (tertiary/aromatic N) is 3. The summed E-state index contributed by atoms with van der Waals surface area (Å²) in [7, 11) is 3.79. The normalized spacial score (nSPS) is 11.7. The third kappa shape index (κ3) is 7.88. The summed E-state index contributed by atoms with van der Waals surface area (Å²) in [6.07, 6.45) is 5.93. The molecule has 1 aromatic carbocycles. The summed E-state index contributed by atoms with van der Waals surface area (Å²) in [6.45, 7) is 7.40. The van der Waals surface area contributed by atoms with Crippen LogP contribution in [-0.2, 0) is 4.74 Å². The van der Waals surface area contributed by atoms with E-state index in [2.05, 4.69) is 24.9 Å². The number of aliphatic imine (C=N–C) groups is 1. The molecule has 0 N–H and O–H groups in total. The number of unbranched alkanes of at least 4 members (excludes halogenated alkanes) is 1. The number of hydrogen-bond acceptors (Lipinski definition) is 4. The number of benzene rings is 1. The van der Waals surface area contributed by atoms with Crippen LogP contribution < -0.4 is 4.74 Å². The van der Waals surface area contributed by atoms with Crippen LogP contribution in [0.25, 0.3) is 0 Å². The maximum Gasteiger partial charge on any atom is 0.142 e. The number of nitriles is 1. The van der Waals surface area contributed by atoms with E-state index >= 15 is 0 Å². The van der Waals surface area contributed by atoms with Gasteiger partial charge in [0.15, 0.2) is 0 Å². The van der Waals surface area contributed by atoms with Gasteiger partial charge in [-0.15, -0.1) is 0 Å². The molecule has 1 rings (SSSR count). The Morgan fingerprint density at radius 3 is 2.58 bits per heavy atom. The molecule has 0 amide bonds. The molecule has 5 heteroatoms. The molecular formula is C21H35N3O2. The maximum absolute atomic E-state index is 9.59. The van der Waals surface area contributed by atoms with Crippen LogP contribution in [0, 0.1) is 18.3 Å². The van der Waals surface area contributed by atoms with Crippen LogP contribution in [0.2, 0.25) is 0 Å². The second kappa shape index (κ2) is 13.2. The smallest absolute Gasteiger partial charge is 0.142 e. The summed E-state index contributed by atoms with van der Waals surface area (Å²) in [6, 6.07) is 6.03. The van der Waals surface area contributed by atoms with E-state index < -0.39 is 0 Å². The first-order valence-electron chi connectivity index (χ1n) is 9.02. The highest BCUT2D eigenvalue weighted by Crippen LogP contribution is 2.31. The average molecular weight is 362 g/mol. The Morgan fingerprint density at radius 1 is 1.27 bits per heavy atom. The van der Waals surface area contributed by atoms with Crippen LogP contribution in [0.1, 0.15) is 58.1 Å². The Balaban J connectivity index is 0.00000625. The lowest BCUT2D eigenvalue weighted by atomic mass is 10.1. The molecular weight excluding hydrogens is 326 g/mol. The molecule has 0 spiro atoms. The molecule has 0 heterocycles. The van der Waals surface area contributed by atoms with Crippen molar-refractivity contribution in [2.24, 2.45) is 4.99 Å². The van der Waals surface area contributed by atoms with E-state index in [4.69, 9.17) is 9.47 Å². The summed E-state index contributed by atoms with van der Waals surface area (Å²) in [5.41, 5.74) is 2.03. The van der Waals surface area contributed by atoms with Crippen LogP contribution in [-0.4, -0.2) is 44.7 Å². The van der Waals surface area contributed by atoms with E-state index in [0.717, 1.165) is 37.9 Å². The molecule has 0 radical (unpaired) electrons. The second-order valence-electron chi connectivity index (χ2n) is 6.37. The van der Waals surface area contributed by atoms with Crippen molar-refractivity contribution in [3.63, 3.8) is 0 Å². The fourth-order valence-electron chi connectivity index (χ4n) is 2.36. The molecule has 0 saturated carbocycles. The Bertz CT molecular complexity index is 584. The molecule has 1 aromatic rings. The highest BCUT2D eigenvalue weighted by atomic mass is 16.5. The van der Waals surface area contributed by atoms with E-state index in [-0.39, 0.29) is 13.5 Å². The minimum atomic E-state index is 0. The van der Waals surface area contributed by atoms with Crippen molar-refractivity contribution in [3.8, 4) is 11.8 Å². The molecule has 0 aliphatic heterocycles. The van der Waals surface area contributed by atoms with Crippen molar-refractivity contribution >= 4 is 12.0 Å². The molecule has 146 valence electrons. The molecule has 1 atom stereocenters. The highest BCUT2D eigenvalue weighted by Gasteiger charge is 2.15. The zero-order valence-corrected chi connectivity index (χ0v) is 16.2. The fraction of sp³-hybridized carbons (Fsp3) is 0.619. The van der Waals surface area contributed by atoms with Gasteiger partial charge in [-0.1, -0.05) is 40.2 Å². The molecule has 0 aliphatic carbocycles. The third-order valence-corrected chi connectivity index (χ3v) is 3.72. The van der Waals surface area contributed by atoms with Gasteiger partial charge in [-0.05, 0) is 31.4 Å². The van der Waals surface area contributed by atoms with E-state index in [1.807, 2.05) is 38.1 Å². The van der Waals surface area contributed by atoms with Crippen molar-refractivity contribution in [2.75, 3.05) is 27.3 Å². The van der Waals surface area contributed by atoms with Crippen LogP contribution >= 0.6 is 0 Å².